The molecule has 1 aromatic carbocycles. The molecule has 0 spiro atoms. The van der Waals surface area contributed by atoms with Crippen molar-refractivity contribution in [2.75, 3.05) is 13.7 Å². The van der Waals surface area contributed by atoms with Gasteiger partial charge in [-0.1, -0.05) is 31.9 Å². The first-order valence-electron chi connectivity index (χ1n) is 8.09. The Hall–Kier alpha value is -0.930. The van der Waals surface area contributed by atoms with Crippen LogP contribution in [-0.2, 0) is 4.74 Å². The Bertz CT molecular complexity index is 472. The molecule has 0 aromatic heterocycles. The van der Waals surface area contributed by atoms with Crippen molar-refractivity contribution in [3.8, 4) is 0 Å². The van der Waals surface area contributed by atoms with Crippen molar-refractivity contribution in [3.05, 3.63) is 35.1 Å². The van der Waals surface area contributed by atoms with Crippen LogP contribution in [0, 0.1) is 18.7 Å². The van der Waals surface area contributed by atoms with Crippen LogP contribution in [0.1, 0.15) is 56.7 Å². The largest absolute Gasteiger partial charge is 0.373 e. The summed E-state index contributed by atoms with van der Waals surface area (Å²) in [5.74, 6) is 0.527. The third kappa shape index (κ3) is 3.46. The van der Waals surface area contributed by atoms with Crippen molar-refractivity contribution in [3.63, 3.8) is 0 Å². The lowest BCUT2D eigenvalue weighted by Crippen LogP contribution is -2.48. The summed E-state index contributed by atoms with van der Waals surface area (Å²) in [5.41, 5.74) is 1.65. The van der Waals surface area contributed by atoms with E-state index in [2.05, 4.69) is 19.2 Å². The van der Waals surface area contributed by atoms with Gasteiger partial charge in [0, 0.05) is 6.61 Å². The third-order valence-electron chi connectivity index (χ3n) is 4.75. The van der Waals surface area contributed by atoms with Crippen LogP contribution in [0.15, 0.2) is 18.2 Å². The lowest BCUT2D eigenvalue weighted by atomic mass is 9.72. The summed E-state index contributed by atoms with van der Waals surface area (Å²) in [7, 11) is 1.98. The summed E-state index contributed by atoms with van der Waals surface area (Å²) in [6, 6.07) is 5.53. The lowest BCUT2D eigenvalue weighted by molar-refractivity contribution is -0.100. The minimum atomic E-state index is -0.175. The van der Waals surface area contributed by atoms with Crippen molar-refractivity contribution < 1.29 is 9.13 Å². The Morgan fingerprint density at radius 2 is 2.24 bits per heavy atom. The Morgan fingerprint density at radius 3 is 2.81 bits per heavy atom. The molecule has 0 amide bonds. The van der Waals surface area contributed by atoms with Gasteiger partial charge in [0.25, 0.3) is 0 Å². The number of halogens is 1. The van der Waals surface area contributed by atoms with Gasteiger partial charge < -0.3 is 10.1 Å². The number of likely N-dealkylation sites (N-methyl/N-ethyl adjacent to an activating group) is 1. The van der Waals surface area contributed by atoms with Gasteiger partial charge in [0.1, 0.15) is 5.82 Å². The van der Waals surface area contributed by atoms with Gasteiger partial charge >= 0.3 is 0 Å². The normalized spacial score (nSPS) is 27.6. The molecule has 3 unspecified atom stereocenters. The zero-order chi connectivity index (χ0) is 15.5. The zero-order valence-corrected chi connectivity index (χ0v) is 13.7. The summed E-state index contributed by atoms with van der Waals surface area (Å²) >= 11 is 0. The van der Waals surface area contributed by atoms with Gasteiger partial charge in [-0.05, 0) is 56.8 Å². The van der Waals surface area contributed by atoms with Crippen LogP contribution in [0.3, 0.4) is 0 Å². The average molecular weight is 293 g/mol. The molecule has 1 saturated carbocycles. The van der Waals surface area contributed by atoms with E-state index < -0.39 is 0 Å². The number of benzene rings is 1. The highest BCUT2D eigenvalue weighted by molar-refractivity contribution is 5.29. The van der Waals surface area contributed by atoms with E-state index in [-0.39, 0.29) is 17.5 Å². The summed E-state index contributed by atoms with van der Waals surface area (Å²) in [6.45, 7) is 6.90. The molecule has 0 radical (unpaired) electrons. The van der Waals surface area contributed by atoms with E-state index in [0.29, 0.717) is 18.1 Å². The molecule has 2 nitrogen and oxygen atoms in total. The molecule has 3 heteroatoms. The molecule has 1 fully saturated rings. The monoisotopic (exact) mass is 293 g/mol. The molecule has 1 aliphatic rings. The number of hydrogen-bond donors (Lipinski definition) is 1. The number of rotatable bonds is 5. The fourth-order valence-electron chi connectivity index (χ4n) is 3.89. The van der Waals surface area contributed by atoms with Gasteiger partial charge in [-0.2, -0.15) is 0 Å². The van der Waals surface area contributed by atoms with Gasteiger partial charge in [0.05, 0.1) is 11.6 Å². The predicted molar refractivity (Wildman–Crippen MR) is 84.9 cm³/mol. The topological polar surface area (TPSA) is 21.3 Å². The Labute approximate surface area is 128 Å². The van der Waals surface area contributed by atoms with Crippen molar-refractivity contribution in [2.45, 2.75) is 58.1 Å². The molecule has 2 rings (SSSR count). The molecule has 0 heterocycles. The summed E-state index contributed by atoms with van der Waals surface area (Å²) < 4.78 is 19.8. The molecule has 0 bridgehead atoms. The molecule has 1 N–H and O–H groups in total. The average Bonchev–Trinajstić information content (AvgIpc) is 2.44. The van der Waals surface area contributed by atoms with Crippen molar-refractivity contribution >= 4 is 0 Å². The first-order valence-corrected chi connectivity index (χ1v) is 8.09. The van der Waals surface area contributed by atoms with E-state index in [0.717, 1.165) is 18.4 Å². The van der Waals surface area contributed by atoms with E-state index in [1.54, 1.807) is 6.07 Å². The Kier molecular flexibility index (Phi) is 5.39. The maximum absolute atomic E-state index is 13.6. The van der Waals surface area contributed by atoms with Crippen LogP contribution in [0.4, 0.5) is 4.39 Å². The van der Waals surface area contributed by atoms with Crippen LogP contribution < -0.4 is 5.32 Å². The van der Waals surface area contributed by atoms with E-state index in [1.807, 2.05) is 26.1 Å². The molecule has 0 aliphatic heterocycles. The van der Waals surface area contributed by atoms with Gasteiger partial charge in [0.2, 0.25) is 0 Å². The zero-order valence-electron chi connectivity index (χ0n) is 13.7. The van der Waals surface area contributed by atoms with Gasteiger partial charge in [0.15, 0.2) is 0 Å². The second-order valence-corrected chi connectivity index (χ2v) is 6.43. The van der Waals surface area contributed by atoms with Gasteiger partial charge in [-0.3, -0.25) is 0 Å². The number of aryl methyl sites for hydroxylation is 1. The summed E-state index contributed by atoms with van der Waals surface area (Å²) in [6.07, 6.45) is 4.59. The van der Waals surface area contributed by atoms with E-state index >= 15 is 0 Å². The van der Waals surface area contributed by atoms with Crippen molar-refractivity contribution in [1.29, 1.82) is 0 Å². The number of nitrogens with one attached hydrogen (secondary N) is 1. The van der Waals surface area contributed by atoms with Crippen LogP contribution in [0.2, 0.25) is 0 Å². The molecular formula is C18H28FNO. The van der Waals surface area contributed by atoms with E-state index in [9.17, 15) is 4.39 Å². The van der Waals surface area contributed by atoms with Crippen LogP contribution in [0.5, 0.6) is 0 Å². The van der Waals surface area contributed by atoms with Crippen LogP contribution >= 0.6 is 0 Å². The van der Waals surface area contributed by atoms with E-state index in [1.165, 1.54) is 12.8 Å². The van der Waals surface area contributed by atoms with E-state index in [4.69, 9.17) is 4.74 Å². The maximum Gasteiger partial charge on any atom is 0.126 e. The smallest absolute Gasteiger partial charge is 0.126 e. The minimum Gasteiger partial charge on any atom is -0.373 e. The first kappa shape index (κ1) is 16.4. The highest BCUT2D eigenvalue weighted by Crippen LogP contribution is 2.43. The summed E-state index contributed by atoms with van der Waals surface area (Å²) in [5, 5.41) is 3.43. The molecule has 3 atom stereocenters. The Balaban J connectivity index is 2.37. The van der Waals surface area contributed by atoms with Gasteiger partial charge in [-0.15, -0.1) is 0 Å². The maximum atomic E-state index is 13.6. The predicted octanol–water partition coefficient (Wildman–Crippen LogP) is 4.38. The number of hydrogen-bond acceptors (Lipinski definition) is 2. The first-order chi connectivity index (χ1) is 10.0. The second kappa shape index (κ2) is 6.89. The highest BCUT2D eigenvalue weighted by Gasteiger charge is 2.42. The van der Waals surface area contributed by atoms with Gasteiger partial charge in [-0.25, -0.2) is 4.39 Å². The fraction of sp³-hybridized carbons (Fsp3) is 0.667. The molecular weight excluding hydrogens is 265 g/mol. The highest BCUT2D eigenvalue weighted by atomic mass is 19.1. The van der Waals surface area contributed by atoms with Crippen LogP contribution in [-0.4, -0.2) is 19.3 Å². The molecule has 118 valence electrons. The fourth-order valence-corrected chi connectivity index (χ4v) is 3.89. The second-order valence-electron chi connectivity index (χ2n) is 6.43. The molecule has 0 saturated heterocycles. The molecule has 1 aliphatic carbocycles. The SMILES string of the molecule is CCOC1(C(NC)c2ccc(F)c(C)c2)CCCC(C)C1. The quantitative estimate of drug-likeness (QED) is 0.870. The third-order valence-corrected chi connectivity index (χ3v) is 4.75. The van der Waals surface area contributed by atoms with Crippen molar-refractivity contribution in [1.82, 2.24) is 5.32 Å². The Morgan fingerprint density at radius 1 is 1.48 bits per heavy atom. The molecule has 1 aromatic rings. The minimum absolute atomic E-state index is 0.111. The standard InChI is InChI=1S/C18H28FNO/c1-5-21-18(10-6-7-13(2)12-18)17(20-4)15-8-9-16(19)14(3)11-15/h8-9,11,13,17,20H,5-7,10,12H2,1-4H3. The number of ether oxygens (including phenoxy) is 1. The molecule has 21 heavy (non-hydrogen) atoms. The van der Waals surface area contributed by atoms with Crippen LogP contribution in [0.25, 0.3) is 0 Å². The summed E-state index contributed by atoms with van der Waals surface area (Å²) in [4.78, 5) is 0. The van der Waals surface area contributed by atoms with Crippen molar-refractivity contribution in [2.24, 2.45) is 5.92 Å². The lowest BCUT2D eigenvalue weighted by Gasteiger charge is -2.45.